The maximum absolute atomic E-state index is 11.5. The molecule has 2 rings (SSSR count). The van der Waals surface area contributed by atoms with Crippen molar-refractivity contribution in [2.45, 2.75) is 6.54 Å². The molecule has 0 saturated heterocycles. The van der Waals surface area contributed by atoms with Gasteiger partial charge in [-0.3, -0.25) is 4.79 Å². The first kappa shape index (κ1) is 15.4. The van der Waals surface area contributed by atoms with Gasteiger partial charge in [0.25, 0.3) is 0 Å². The van der Waals surface area contributed by atoms with Crippen molar-refractivity contribution in [2.24, 2.45) is 0 Å². The van der Waals surface area contributed by atoms with Gasteiger partial charge in [0.05, 0.1) is 0 Å². The number of amides is 1. The summed E-state index contributed by atoms with van der Waals surface area (Å²) in [6.07, 6.45) is 0. The van der Waals surface area contributed by atoms with Gasteiger partial charge in [0.15, 0.2) is 0 Å². The lowest BCUT2D eigenvalue weighted by Gasteiger charge is -2.10. The number of benzene rings is 2. The molecule has 0 spiro atoms. The molecule has 2 aromatic rings. The summed E-state index contributed by atoms with van der Waals surface area (Å²) in [5.74, 6) is -0.180. The zero-order chi connectivity index (χ0) is 15.1. The average Bonchev–Trinajstić information content (AvgIpc) is 2.47. The summed E-state index contributed by atoms with van der Waals surface area (Å²) in [4.78, 5) is 11.5. The molecule has 0 bridgehead atoms. The van der Waals surface area contributed by atoms with Gasteiger partial charge in [-0.1, -0.05) is 35.9 Å². The van der Waals surface area contributed by atoms with E-state index in [9.17, 15) is 4.79 Å². The summed E-state index contributed by atoms with van der Waals surface area (Å²) >= 11 is 6.11. The van der Waals surface area contributed by atoms with E-state index in [0.29, 0.717) is 6.54 Å². The zero-order valence-electron chi connectivity index (χ0n) is 11.7. The lowest BCUT2D eigenvalue weighted by atomic mass is 10.2. The minimum absolute atomic E-state index is 0.0390. The molecule has 0 aliphatic carbocycles. The highest BCUT2D eigenvalue weighted by molar-refractivity contribution is 6.31. The molecule has 0 saturated carbocycles. The van der Waals surface area contributed by atoms with E-state index in [4.69, 9.17) is 16.3 Å². The standard InChI is InChI=1S/C16H17ClN2O2/c1-21-11-16(20)19-14-7-4-6-13(9-14)18-10-12-5-2-3-8-15(12)17/h2-9,18H,10-11H2,1H3,(H,19,20). The molecule has 0 aromatic heterocycles. The van der Waals surface area contributed by atoms with Crippen LogP contribution in [0.3, 0.4) is 0 Å². The van der Waals surface area contributed by atoms with Crippen LogP contribution in [-0.2, 0) is 16.1 Å². The third-order valence-electron chi connectivity index (χ3n) is 2.86. The number of methoxy groups -OCH3 is 1. The zero-order valence-corrected chi connectivity index (χ0v) is 12.5. The van der Waals surface area contributed by atoms with E-state index >= 15 is 0 Å². The van der Waals surface area contributed by atoms with Crippen LogP contribution in [0.25, 0.3) is 0 Å². The van der Waals surface area contributed by atoms with Crippen LogP contribution < -0.4 is 10.6 Å². The molecule has 0 atom stereocenters. The Kier molecular flexibility index (Phi) is 5.60. The molecule has 21 heavy (non-hydrogen) atoms. The second-order valence-electron chi connectivity index (χ2n) is 4.51. The van der Waals surface area contributed by atoms with Crippen LogP contribution in [0.2, 0.25) is 5.02 Å². The highest BCUT2D eigenvalue weighted by Gasteiger charge is 2.03. The van der Waals surface area contributed by atoms with Crippen LogP contribution in [0.5, 0.6) is 0 Å². The Bertz CT molecular complexity index is 617. The predicted octanol–water partition coefficient (Wildman–Crippen LogP) is 3.54. The third kappa shape index (κ3) is 4.77. The predicted molar refractivity (Wildman–Crippen MR) is 85.7 cm³/mol. The van der Waals surface area contributed by atoms with Crippen molar-refractivity contribution in [3.63, 3.8) is 0 Å². The molecular weight excluding hydrogens is 288 g/mol. The smallest absolute Gasteiger partial charge is 0.250 e. The lowest BCUT2D eigenvalue weighted by molar-refractivity contribution is -0.119. The van der Waals surface area contributed by atoms with Crippen molar-refractivity contribution < 1.29 is 9.53 Å². The SMILES string of the molecule is COCC(=O)Nc1cccc(NCc2ccccc2Cl)c1. The number of hydrogen-bond acceptors (Lipinski definition) is 3. The maximum atomic E-state index is 11.5. The number of hydrogen-bond donors (Lipinski definition) is 2. The van der Waals surface area contributed by atoms with Crippen molar-refractivity contribution in [1.29, 1.82) is 0 Å². The number of nitrogens with one attached hydrogen (secondary N) is 2. The van der Waals surface area contributed by atoms with Gasteiger partial charge < -0.3 is 15.4 Å². The Morgan fingerprint density at radius 3 is 2.67 bits per heavy atom. The van der Waals surface area contributed by atoms with Crippen LogP contribution in [-0.4, -0.2) is 19.6 Å². The average molecular weight is 305 g/mol. The quantitative estimate of drug-likeness (QED) is 0.858. The summed E-state index contributed by atoms with van der Waals surface area (Å²) in [6, 6.07) is 15.2. The fourth-order valence-corrected chi connectivity index (χ4v) is 2.08. The van der Waals surface area contributed by atoms with E-state index in [0.717, 1.165) is 22.0 Å². The topological polar surface area (TPSA) is 50.4 Å². The molecule has 110 valence electrons. The van der Waals surface area contributed by atoms with E-state index < -0.39 is 0 Å². The molecule has 0 aliphatic rings. The Morgan fingerprint density at radius 2 is 1.90 bits per heavy atom. The van der Waals surface area contributed by atoms with E-state index in [1.165, 1.54) is 7.11 Å². The molecule has 4 nitrogen and oxygen atoms in total. The highest BCUT2D eigenvalue weighted by Crippen LogP contribution is 2.19. The Balaban J connectivity index is 1.98. The van der Waals surface area contributed by atoms with Gasteiger partial charge in [-0.2, -0.15) is 0 Å². The van der Waals surface area contributed by atoms with Crippen molar-refractivity contribution in [1.82, 2.24) is 0 Å². The number of anilines is 2. The second-order valence-corrected chi connectivity index (χ2v) is 4.91. The number of halogens is 1. The van der Waals surface area contributed by atoms with E-state index in [-0.39, 0.29) is 12.5 Å². The minimum Gasteiger partial charge on any atom is -0.381 e. The fraction of sp³-hybridized carbons (Fsp3) is 0.188. The van der Waals surface area contributed by atoms with E-state index in [1.54, 1.807) is 0 Å². The van der Waals surface area contributed by atoms with Crippen LogP contribution >= 0.6 is 11.6 Å². The largest absolute Gasteiger partial charge is 0.381 e. The summed E-state index contributed by atoms with van der Waals surface area (Å²) in [5, 5.41) is 6.77. The molecule has 0 radical (unpaired) electrons. The van der Waals surface area contributed by atoms with Gasteiger partial charge in [0.1, 0.15) is 6.61 Å². The first-order chi connectivity index (χ1) is 10.2. The van der Waals surface area contributed by atoms with E-state index in [2.05, 4.69) is 10.6 Å². The molecular formula is C16H17ClN2O2. The Hall–Kier alpha value is -2.04. The number of carbonyl (C=O) groups is 1. The van der Waals surface area contributed by atoms with Crippen molar-refractivity contribution in [3.05, 3.63) is 59.1 Å². The van der Waals surface area contributed by atoms with Gasteiger partial charge in [-0.25, -0.2) is 0 Å². The molecule has 0 unspecified atom stereocenters. The van der Waals surface area contributed by atoms with Gasteiger partial charge in [-0.05, 0) is 29.8 Å². The van der Waals surface area contributed by atoms with Crippen LogP contribution in [0, 0.1) is 0 Å². The van der Waals surface area contributed by atoms with Crippen LogP contribution in [0.15, 0.2) is 48.5 Å². The molecule has 2 aromatic carbocycles. The number of rotatable bonds is 6. The van der Waals surface area contributed by atoms with Gasteiger partial charge in [0, 0.05) is 30.1 Å². The summed E-state index contributed by atoms with van der Waals surface area (Å²) < 4.78 is 4.78. The lowest BCUT2D eigenvalue weighted by Crippen LogP contribution is -2.17. The Labute approximate surface area is 129 Å². The first-order valence-electron chi connectivity index (χ1n) is 6.55. The molecule has 0 fully saturated rings. The summed E-state index contributed by atoms with van der Waals surface area (Å²) in [5.41, 5.74) is 2.65. The molecule has 0 aliphatic heterocycles. The van der Waals surface area contributed by atoms with Crippen LogP contribution in [0.4, 0.5) is 11.4 Å². The molecule has 5 heteroatoms. The summed E-state index contributed by atoms with van der Waals surface area (Å²) in [7, 11) is 1.49. The first-order valence-corrected chi connectivity index (χ1v) is 6.93. The van der Waals surface area contributed by atoms with Gasteiger partial charge in [0.2, 0.25) is 5.91 Å². The Morgan fingerprint density at radius 1 is 1.14 bits per heavy atom. The van der Waals surface area contributed by atoms with Gasteiger partial charge >= 0.3 is 0 Å². The normalized spacial score (nSPS) is 10.2. The minimum atomic E-state index is -0.180. The second kappa shape index (κ2) is 7.67. The van der Waals surface area contributed by atoms with Crippen LogP contribution in [0.1, 0.15) is 5.56 Å². The van der Waals surface area contributed by atoms with Crippen molar-refractivity contribution >= 4 is 28.9 Å². The maximum Gasteiger partial charge on any atom is 0.250 e. The van der Waals surface area contributed by atoms with Crippen molar-refractivity contribution in [3.8, 4) is 0 Å². The monoisotopic (exact) mass is 304 g/mol. The molecule has 0 heterocycles. The molecule has 1 amide bonds. The third-order valence-corrected chi connectivity index (χ3v) is 3.23. The molecule has 2 N–H and O–H groups in total. The number of ether oxygens (including phenoxy) is 1. The summed E-state index contributed by atoms with van der Waals surface area (Å²) in [6.45, 7) is 0.659. The van der Waals surface area contributed by atoms with Crippen molar-refractivity contribution in [2.75, 3.05) is 24.4 Å². The fourth-order valence-electron chi connectivity index (χ4n) is 1.87. The van der Waals surface area contributed by atoms with E-state index in [1.807, 2.05) is 48.5 Å². The highest BCUT2D eigenvalue weighted by atomic mass is 35.5. The van der Waals surface area contributed by atoms with Gasteiger partial charge in [-0.15, -0.1) is 0 Å². The number of carbonyl (C=O) groups excluding carboxylic acids is 1.